The molecule has 0 unspecified atom stereocenters. The van der Waals surface area contributed by atoms with Crippen LogP contribution in [0.2, 0.25) is 5.02 Å². The summed E-state index contributed by atoms with van der Waals surface area (Å²) >= 11 is 6.48. The molecule has 2 amide bonds. The van der Waals surface area contributed by atoms with Crippen molar-refractivity contribution < 1.29 is 18.0 Å². The van der Waals surface area contributed by atoms with E-state index in [1.807, 2.05) is 73.7 Å². The van der Waals surface area contributed by atoms with Crippen LogP contribution in [0.4, 0.5) is 5.69 Å². The van der Waals surface area contributed by atoms with Crippen molar-refractivity contribution >= 4 is 39.1 Å². The Kier molecular flexibility index (Phi) is 12.2. The topological polar surface area (TPSA) is 86.8 Å². The highest BCUT2D eigenvalue weighted by molar-refractivity contribution is 7.92. The Morgan fingerprint density at radius 3 is 2.32 bits per heavy atom. The third-order valence-corrected chi connectivity index (χ3v) is 8.40. The highest BCUT2D eigenvalue weighted by Crippen LogP contribution is 2.23. The van der Waals surface area contributed by atoms with Gasteiger partial charge >= 0.3 is 0 Å². The summed E-state index contributed by atoms with van der Waals surface area (Å²) in [6.45, 7) is 4.77. The summed E-state index contributed by atoms with van der Waals surface area (Å²) in [6.07, 6.45) is 3.63. The van der Waals surface area contributed by atoms with Gasteiger partial charge in [0.25, 0.3) is 0 Å². The number of hydrogen-bond donors (Lipinski definition) is 1. The fraction of sp³-hybridized carbons (Fsp3) is 0.375. The molecule has 0 aromatic heterocycles. The van der Waals surface area contributed by atoms with E-state index >= 15 is 0 Å². The third-order valence-electron chi connectivity index (χ3n) is 6.84. The molecule has 3 aromatic carbocycles. The number of nitrogens with zero attached hydrogens (tertiary/aromatic N) is 2. The normalized spacial score (nSPS) is 12.0. The number of hydrogen-bond acceptors (Lipinski definition) is 4. The quantitative estimate of drug-likeness (QED) is 0.226. The lowest BCUT2D eigenvalue weighted by atomic mass is 10.0. The molecule has 220 valence electrons. The minimum absolute atomic E-state index is 0.0653. The highest BCUT2D eigenvalue weighted by Gasteiger charge is 2.31. The number of unbranched alkanes of at least 4 members (excludes halogenated alkanes) is 1. The first kappa shape index (κ1) is 32.2. The molecular formula is C32H40ClN3O4S. The van der Waals surface area contributed by atoms with E-state index in [1.54, 1.807) is 17.0 Å². The van der Waals surface area contributed by atoms with Gasteiger partial charge < -0.3 is 10.2 Å². The van der Waals surface area contributed by atoms with Gasteiger partial charge in [0.2, 0.25) is 21.8 Å². The van der Waals surface area contributed by atoms with Gasteiger partial charge in [-0.1, -0.05) is 85.6 Å². The largest absolute Gasteiger partial charge is 0.354 e. The molecule has 0 aliphatic carbocycles. The predicted molar refractivity (Wildman–Crippen MR) is 166 cm³/mol. The summed E-state index contributed by atoms with van der Waals surface area (Å²) in [5.41, 5.74) is 3.17. The van der Waals surface area contributed by atoms with Crippen molar-refractivity contribution in [1.29, 1.82) is 0 Å². The van der Waals surface area contributed by atoms with E-state index in [4.69, 9.17) is 11.6 Å². The Morgan fingerprint density at radius 2 is 1.66 bits per heavy atom. The number of halogens is 1. The number of nitrogens with one attached hydrogen (secondary N) is 1. The molecule has 41 heavy (non-hydrogen) atoms. The van der Waals surface area contributed by atoms with Crippen LogP contribution in [-0.2, 0) is 32.6 Å². The van der Waals surface area contributed by atoms with Crippen LogP contribution in [0.25, 0.3) is 0 Å². The van der Waals surface area contributed by atoms with Crippen molar-refractivity contribution in [2.45, 2.75) is 58.5 Å². The van der Waals surface area contributed by atoms with Gasteiger partial charge in [-0.15, -0.1) is 0 Å². The molecule has 0 bridgehead atoms. The molecule has 3 rings (SSSR count). The van der Waals surface area contributed by atoms with Gasteiger partial charge in [0.05, 0.1) is 11.9 Å². The molecule has 1 N–H and O–H groups in total. The zero-order valence-corrected chi connectivity index (χ0v) is 25.6. The maximum Gasteiger partial charge on any atom is 0.243 e. The van der Waals surface area contributed by atoms with Crippen LogP contribution in [0, 0.1) is 6.92 Å². The van der Waals surface area contributed by atoms with Gasteiger partial charge in [0.1, 0.15) is 6.04 Å². The molecule has 9 heteroatoms. The maximum absolute atomic E-state index is 13.9. The van der Waals surface area contributed by atoms with Gasteiger partial charge in [-0.3, -0.25) is 13.9 Å². The first-order chi connectivity index (χ1) is 19.6. The first-order valence-corrected chi connectivity index (χ1v) is 16.2. The number of aryl methyl sites for hydroxylation is 1. The zero-order chi connectivity index (χ0) is 29.8. The van der Waals surface area contributed by atoms with Crippen molar-refractivity contribution in [2.75, 3.05) is 23.7 Å². The Morgan fingerprint density at radius 1 is 0.951 bits per heavy atom. The Labute approximate surface area is 249 Å². The fourth-order valence-electron chi connectivity index (χ4n) is 4.66. The highest BCUT2D eigenvalue weighted by atomic mass is 35.5. The lowest BCUT2D eigenvalue weighted by molar-refractivity contribution is -0.141. The van der Waals surface area contributed by atoms with E-state index in [0.717, 1.165) is 35.8 Å². The summed E-state index contributed by atoms with van der Waals surface area (Å²) in [5, 5.41) is 3.52. The number of carbonyl (C=O) groups is 2. The zero-order valence-electron chi connectivity index (χ0n) is 24.1. The fourth-order valence-corrected chi connectivity index (χ4v) is 5.81. The predicted octanol–water partition coefficient (Wildman–Crippen LogP) is 5.75. The number of sulfonamides is 1. The van der Waals surface area contributed by atoms with Crippen molar-refractivity contribution in [3.63, 3.8) is 0 Å². The van der Waals surface area contributed by atoms with Gasteiger partial charge in [-0.2, -0.15) is 0 Å². The number of amides is 2. The summed E-state index contributed by atoms with van der Waals surface area (Å²) in [7, 11) is -3.56. The number of rotatable bonds is 15. The molecular weight excluding hydrogens is 558 g/mol. The number of carbonyl (C=O) groups excluding carboxylic acids is 2. The average molecular weight is 598 g/mol. The number of anilines is 1. The van der Waals surface area contributed by atoms with Crippen LogP contribution in [0.3, 0.4) is 0 Å². The summed E-state index contributed by atoms with van der Waals surface area (Å²) in [6, 6.07) is 23.4. The van der Waals surface area contributed by atoms with Crippen molar-refractivity contribution in [1.82, 2.24) is 10.2 Å². The van der Waals surface area contributed by atoms with Gasteiger partial charge in [0, 0.05) is 37.5 Å². The van der Waals surface area contributed by atoms with Gasteiger partial charge in [-0.05, 0) is 54.7 Å². The van der Waals surface area contributed by atoms with Crippen LogP contribution in [0.5, 0.6) is 0 Å². The van der Waals surface area contributed by atoms with E-state index in [1.165, 1.54) is 4.31 Å². The smallest absolute Gasteiger partial charge is 0.243 e. The second kappa shape index (κ2) is 15.6. The van der Waals surface area contributed by atoms with Gasteiger partial charge in [-0.25, -0.2) is 8.42 Å². The van der Waals surface area contributed by atoms with Crippen LogP contribution in [-0.4, -0.2) is 50.5 Å². The van der Waals surface area contributed by atoms with E-state index in [0.29, 0.717) is 23.7 Å². The second-order valence-electron chi connectivity index (χ2n) is 10.2. The Hall–Kier alpha value is -3.36. The Bertz CT molecular complexity index is 1400. The summed E-state index contributed by atoms with van der Waals surface area (Å²) < 4.78 is 26.6. The SMILES string of the molecule is CCCCNC(=O)[C@@H](Cc1ccccc1)N(Cc1ccccc1Cl)C(=O)CCCN(c1cccc(C)c1)S(C)(=O)=O. The Balaban J connectivity index is 1.88. The van der Waals surface area contributed by atoms with Gasteiger partial charge in [0.15, 0.2) is 0 Å². The summed E-state index contributed by atoms with van der Waals surface area (Å²) in [4.78, 5) is 29.0. The van der Waals surface area contributed by atoms with E-state index in [2.05, 4.69) is 12.2 Å². The standard InChI is InChI=1S/C32H40ClN3O4S/c1-4-5-20-34-32(38)30(23-26-14-7-6-8-15-26)35(24-27-16-9-10-18-29(27)33)31(37)19-12-21-36(41(3,39)40)28-17-11-13-25(2)22-28/h6-11,13-18,22,30H,4-5,12,19-21,23-24H2,1-3H3,(H,34,38)/t30-/m1/s1. The van der Waals surface area contributed by atoms with Crippen LogP contribution < -0.4 is 9.62 Å². The molecule has 3 aromatic rings. The molecule has 0 aliphatic heterocycles. The molecule has 0 saturated carbocycles. The minimum atomic E-state index is -3.56. The van der Waals surface area contributed by atoms with Crippen molar-refractivity contribution in [3.8, 4) is 0 Å². The monoisotopic (exact) mass is 597 g/mol. The first-order valence-electron chi connectivity index (χ1n) is 14.0. The van der Waals surface area contributed by atoms with Crippen LogP contribution in [0.15, 0.2) is 78.9 Å². The van der Waals surface area contributed by atoms with E-state index in [-0.39, 0.29) is 37.7 Å². The summed E-state index contributed by atoms with van der Waals surface area (Å²) in [5.74, 6) is -0.464. The second-order valence-corrected chi connectivity index (χ2v) is 12.6. The van der Waals surface area contributed by atoms with E-state index < -0.39 is 16.1 Å². The lowest BCUT2D eigenvalue weighted by Crippen LogP contribution is -2.50. The molecule has 7 nitrogen and oxygen atoms in total. The lowest BCUT2D eigenvalue weighted by Gasteiger charge is -2.32. The molecule has 0 radical (unpaired) electrons. The number of benzene rings is 3. The van der Waals surface area contributed by atoms with Crippen LogP contribution >= 0.6 is 11.6 Å². The minimum Gasteiger partial charge on any atom is -0.354 e. The molecule has 0 spiro atoms. The third kappa shape index (κ3) is 9.90. The average Bonchev–Trinajstić information content (AvgIpc) is 2.93. The van der Waals surface area contributed by atoms with E-state index in [9.17, 15) is 18.0 Å². The molecule has 0 fully saturated rings. The van der Waals surface area contributed by atoms with Crippen molar-refractivity contribution in [2.24, 2.45) is 0 Å². The molecule has 1 atom stereocenters. The maximum atomic E-state index is 13.9. The molecule has 0 aliphatic rings. The molecule has 0 heterocycles. The van der Waals surface area contributed by atoms with Crippen molar-refractivity contribution in [3.05, 3.63) is 101 Å². The molecule has 0 saturated heterocycles. The van der Waals surface area contributed by atoms with Crippen LogP contribution in [0.1, 0.15) is 49.3 Å².